The first-order chi connectivity index (χ1) is 15.2. The van der Waals surface area contributed by atoms with Gasteiger partial charge in [0.1, 0.15) is 10.6 Å². The molecule has 0 saturated heterocycles. The average molecular weight is 460 g/mol. The number of nitrogens with zero attached hydrogens (tertiary/aromatic N) is 1. The number of carbonyl (C=O) groups is 1. The summed E-state index contributed by atoms with van der Waals surface area (Å²) in [6.45, 7) is 2.45. The summed E-state index contributed by atoms with van der Waals surface area (Å²) in [5, 5.41) is 3.03. The summed E-state index contributed by atoms with van der Waals surface area (Å²) in [7, 11) is 1.55. The quantitative estimate of drug-likeness (QED) is 0.627. The van der Waals surface area contributed by atoms with Crippen LogP contribution in [0.4, 0.5) is 5.69 Å². The number of rotatable bonds is 8. The lowest BCUT2D eigenvalue weighted by Crippen LogP contribution is -2.53. The van der Waals surface area contributed by atoms with Crippen molar-refractivity contribution in [3.8, 4) is 5.75 Å². The zero-order valence-electron chi connectivity index (χ0n) is 19.3. The predicted molar refractivity (Wildman–Crippen MR) is 127 cm³/mol. The summed E-state index contributed by atoms with van der Waals surface area (Å²) in [5.74, 6) is -0.121. The molecular formula is C24H33N3O4S. The molecule has 2 aromatic carbocycles. The Bertz CT molecular complexity index is 1040. The van der Waals surface area contributed by atoms with E-state index in [-0.39, 0.29) is 27.7 Å². The van der Waals surface area contributed by atoms with Gasteiger partial charge in [0.2, 0.25) is 0 Å². The summed E-state index contributed by atoms with van der Waals surface area (Å²) in [4.78, 5) is 15.1. The number of methoxy groups -OCH3 is 1. The molecule has 1 fully saturated rings. The largest absolute Gasteiger partial charge is 0.495 e. The SMILES string of the molecule is COc1ccc(C(=O)NCC2(N(C)C)CCCCC2)cc1S(=O)(=O)Nc1ccc(C)cc1. The molecule has 0 spiro atoms. The van der Waals surface area contributed by atoms with E-state index in [4.69, 9.17) is 4.74 Å². The molecule has 7 nitrogen and oxygen atoms in total. The van der Waals surface area contributed by atoms with E-state index in [1.807, 2.05) is 33.2 Å². The van der Waals surface area contributed by atoms with Gasteiger partial charge < -0.3 is 15.0 Å². The highest BCUT2D eigenvalue weighted by atomic mass is 32.2. The van der Waals surface area contributed by atoms with Crippen molar-refractivity contribution < 1.29 is 17.9 Å². The van der Waals surface area contributed by atoms with Crippen LogP contribution < -0.4 is 14.8 Å². The third-order valence-corrected chi connectivity index (χ3v) is 7.73. The number of hydrogen-bond acceptors (Lipinski definition) is 5. The molecule has 0 atom stereocenters. The third kappa shape index (κ3) is 5.42. The molecule has 2 aromatic rings. The van der Waals surface area contributed by atoms with Gasteiger partial charge in [-0.05, 0) is 64.2 Å². The van der Waals surface area contributed by atoms with Crippen molar-refractivity contribution in [2.75, 3.05) is 32.5 Å². The summed E-state index contributed by atoms with van der Waals surface area (Å²) in [6.07, 6.45) is 5.57. The highest BCUT2D eigenvalue weighted by Crippen LogP contribution is 2.32. The Kier molecular flexibility index (Phi) is 7.46. The molecule has 1 aliphatic carbocycles. The van der Waals surface area contributed by atoms with Crippen molar-refractivity contribution in [2.45, 2.75) is 49.5 Å². The minimum absolute atomic E-state index is 0.0672. The smallest absolute Gasteiger partial charge is 0.265 e. The van der Waals surface area contributed by atoms with Crippen molar-refractivity contribution in [3.05, 3.63) is 53.6 Å². The molecular weight excluding hydrogens is 426 g/mol. The van der Waals surface area contributed by atoms with E-state index >= 15 is 0 Å². The molecule has 0 unspecified atom stereocenters. The van der Waals surface area contributed by atoms with Gasteiger partial charge >= 0.3 is 0 Å². The maximum absolute atomic E-state index is 13.1. The first-order valence-electron chi connectivity index (χ1n) is 10.9. The van der Waals surface area contributed by atoms with Gasteiger partial charge in [0.05, 0.1) is 7.11 Å². The van der Waals surface area contributed by atoms with Crippen LogP contribution in [0.3, 0.4) is 0 Å². The first-order valence-corrected chi connectivity index (χ1v) is 12.4. The van der Waals surface area contributed by atoms with Gasteiger partial charge in [-0.25, -0.2) is 8.42 Å². The summed E-state index contributed by atoms with van der Waals surface area (Å²) in [6, 6.07) is 11.5. The minimum Gasteiger partial charge on any atom is -0.495 e. The van der Waals surface area contributed by atoms with Crippen LogP contribution in [-0.2, 0) is 10.0 Å². The number of amides is 1. The van der Waals surface area contributed by atoms with Crippen LogP contribution in [0, 0.1) is 6.92 Å². The summed E-state index contributed by atoms with van der Waals surface area (Å²) in [5.41, 5.74) is 1.68. The number of hydrogen-bond donors (Lipinski definition) is 2. The zero-order valence-corrected chi connectivity index (χ0v) is 20.1. The number of anilines is 1. The van der Waals surface area contributed by atoms with Crippen molar-refractivity contribution in [3.63, 3.8) is 0 Å². The number of benzene rings is 2. The lowest BCUT2D eigenvalue weighted by Gasteiger charge is -2.43. The Balaban J connectivity index is 1.81. The van der Waals surface area contributed by atoms with Gasteiger partial charge in [-0.3, -0.25) is 9.52 Å². The highest BCUT2D eigenvalue weighted by Gasteiger charge is 2.34. The van der Waals surface area contributed by atoms with Crippen LogP contribution in [0.1, 0.15) is 48.0 Å². The molecule has 174 valence electrons. The maximum Gasteiger partial charge on any atom is 0.265 e. The first kappa shape index (κ1) is 24.1. The number of sulfonamides is 1. The second-order valence-corrected chi connectivity index (χ2v) is 10.4. The van der Waals surface area contributed by atoms with E-state index in [1.54, 1.807) is 18.2 Å². The lowest BCUT2D eigenvalue weighted by molar-refractivity contribution is 0.0799. The lowest BCUT2D eigenvalue weighted by atomic mass is 9.80. The van der Waals surface area contributed by atoms with Gasteiger partial charge in [0.15, 0.2) is 0 Å². The van der Waals surface area contributed by atoms with Crippen LogP contribution in [0.5, 0.6) is 5.75 Å². The van der Waals surface area contributed by atoms with E-state index in [1.165, 1.54) is 25.7 Å². The molecule has 0 radical (unpaired) electrons. The predicted octanol–water partition coefficient (Wildman–Crippen LogP) is 3.80. The molecule has 0 heterocycles. The van der Waals surface area contributed by atoms with Gasteiger partial charge in [-0.15, -0.1) is 0 Å². The fraction of sp³-hybridized carbons (Fsp3) is 0.458. The normalized spacial score (nSPS) is 15.9. The minimum atomic E-state index is -3.95. The standard InChI is InChI=1S/C24H33N3O4S/c1-18-8-11-20(12-9-18)26-32(29,30)22-16-19(10-13-21(22)31-4)23(28)25-17-24(27(2)3)14-6-5-7-15-24/h8-13,16,26H,5-7,14-15,17H2,1-4H3,(H,25,28). The van der Waals surface area contributed by atoms with E-state index < -0.39 is 10.0 Å². The summed E-state index contributed by atoms with van der Waals surface area (Å²) >= 11 is 0. The van der Waals surface area contributed by atoms with E-state index in [2.05, 4.69) is 14.9 Å². The Morgan fingerprint density at radius 2 is 1.72 bits per heavy atom. The number of likely N-dealkylation sites (N-methyl/N-ethyl adjacent to an activating group) is 1. The third-order valence-electron chi connectivity index (χ3n) is 6.33. The van der Waals surface area contributed by atoms with Gasteiger partial charge in [-0.2, -0.15) is 0 Å². The maximum atomic E-state index is 13.1. The molecule has 8 heteroatoms. The summed E-state index contributed by atoms with van der Waals surface area (Å²) < 4.78 is 33.9. The van der Waals surface area contributed by atoms with Crippen LogP contribution in [0.15, 0.2) is 47.4 Å². The van der Waals surface area contributed by atoms with Crippen molar-refractivity contribution in [1.82, 2.24) is 10.2 Å². The van der Waals surface area contributed by atoms with Gasteiger partial charge in [-0.1, -0.05) is 37.0 Å². The topological polar surface area (TPSA) is 87.7 Å². The highest BCUT2D eigenvalue weighted by molar-refractivity contribution is 7.92. The average Bonchev–Trinajstić information content (AvgIpc) is 2.79. The monoisotopic (exact) mass is 459 g/mol. The van der Waals surface area contributed by atoms with Gasteiger partial charge in [0.25, 0.3) is 15.9 Å². The fourth-order valence-corrected chi connectivity index (χ4v) is 5.45. The fourth-order valence-electron chi connectivity index (χ4n) is 4.20. The second kappa shape index (κ2) is 9.92. The molecule has 0 bridgehead atoms. The molecule has 1 saturated carbocycles. The Morgan fingerprint density at radius 3 is 2.31 bits per heavy atom. The molecule has 3 rings (SSSR count). The van der Waals surface area contributed by atoms with E-state index in [0.717, 1.165) is 31.2 Å². The molecule has 1 aliphatic rings. The van der Waals surface area contributed by atoms with Crippen molar-refractivity contribution in [1.29, 1.82) is 0 Å². The second-order valence-electron chi connectivity index (χ2n) is 8.70. The van der Waals surface area contributed by atoms with Crippen LogP contribution in [0.25, 0.3) is 0 Å². The van der Waals surface area contributed by atoms with Crippen LogP contribution in [0.2, 0.25) is 0 Å². The zero-order chi connectivity index (χ0) is 23.4. The Labute approximate surface area is 191 Å². The van der Waals surface area contributed by atoms with E-state index in [9.17, 15) is 13.2 Å². The molecule has 0 aliphatic heterocycles. The molecule has 0 aromatic heterocycles. The number of carbonyl (C=O) groups excluding carboxylic acids is 1. The number of nitrogens with one attached hydrogen (secondary N) is 2. The van der Waals surface area contributed by atoms with E-state index in [0.29, 0.717) is 12.2 Å². The van der Waals surface area contributed by atoms with Crippen LogP contribution >= 0.6 is 0 Å². The van der Waals surface area contributed by atoms with Crippen molar-refractivity contribution >= 4 is 21.6 Å². The van der Waals surface area contributed by atoms with Crippen molar-refractivity contribution in [2.24, 2.45) is 0 Å². The number of aryl methyl sites for hydroxylation is 1. The Morgan fingerprint density at radius 1 is 1.06 bits per heavy atom. The van der Waals surface area contributed by atoms with Gasteiger partial charge in [0, 0.05) is 23.3 Å². The molecule has 2 N–H and O–H groups in total. The molecule has 32 heavy (non-hydrogen) atoms. The molecule has 1 amide bonds. The van der Waals surface area contributed by atoms with Crippen LogP contribution in [-0.4, -0.2) is 52.5 Å². The number of ether oxygens (including phenoxy) is 1. The Hall–Kier alpha value is -2.58.